The van der Waals surface area contributed by atoms with Gasteiger partial charge in [0, 0.05) is 51.1 Å². The molecular weight excluding hydrogens is 451 g/mol. The Hall–Kier alpha value is -1.65. The molecule has 0 N–H and O–H groups in total. The van der Waals surface area contributed by atoms with Gasteiger partial charge in [0.2, 0.25) is 0 Å². The highest BCUT2D eigenvalue weighted by Crippen LogP contribution is 2.31. The minimum absolute atomic E-state index is 0.131. The number of rotatable bonds is 6. The number of ether oxygens (including phenoxy) is 1. The summed E-state index contributed by atoms with van der Waals surface area (Å²) in [4.78, 5) is 16.9. The molecule has 0 bridgehead atoms. The summed E-state index contributed by atoms with van der Waals surface area (Å²) in [5.74, 6) is 0.721. The lowest BCUT2D eigenvalue weighted by atomic mass is 10.1. The van der Waals surface area contributed by atoms with Crippen LogP contribution in [0.2, 0.25) is 0 Å². The topological polar surface area (TPSA) is 60.2 Å². The van der Waals surface area contributed by atoms with Gasteiger partial charge in [-0.1, -0.05) is 12.1 Å². The van der Waals surface area contributed by atoms with Gasteiger partial charge >= 0.3 is 0 Å². The van der Waals surface area contributed by atoms with Gasteiger partial charge in [0.15, 0.2) is 0 Å². The number of hydrogen-bond donors (Lipinski definition) is 0. The number of para-hydroxylation sites is 1. The number of benzene rings is 1. The highest BCUT2D eigenvalue weighted by atomic mass is 127. The number of nitrogens with zero attached hydrogens (tertiary/aromatic N) is 4. The minimum atomic E-state index is -0.131. The molecular formula is C17H17IN4O2S. The van der Waals surface area contributed by atoms with Gasteiger partial charge in [-0.3, -0.25) is 9.78 Å². The Morgan fingerprint density at radius 3 is 2.84 bits per heavy atom. The molecule has 3 aromatic rings. The molecule has 3 rings (SSSR count). The summed E-state index contributed by atoms with van der Waals surface area (Å²) in [6, 6.07) is 9.50. The smallest absolute Gasteiger partial charge is 0.276 e. The molecule has 0 aliphatic heterocycles. The summed E-state index contributed by atoms with van der Waals surface area (Å²) in [7, 11) is 5.20. The van der Waals surface area contributed by atoms with Crippen LogP contribution in [0.4, 0.5) is 0 Å². The first-order valence-corrected chi connectivity index (χ1v) is 11.0. The van der Waals surface area contributed by atoms with Gasteiger partial charge in [-0.05, 0) is 34.4 Å². The largest absolute Gasteiger partial charge is 0.496 e. The van der Waals surface area contributed by atoms with Crippen LogP contribution in [0.3, 0.4) is 0 Å². The van der Waals surface area contributed by atoms with Crippen molar-refractivity contribution in [1.82, 2.24) is 19.1 Å². The molecule has 2 heterocycles. The van der Waals surface area contributed by atoms with E-state index in [4.69, 9.17) is 4.74 Å². The summed E-state index contributed by atoms with van der Waals surface area (Å²) in [6.45, 7) is 1.20. The predicted octanol–water partition coefficient (Wildman–Crippen LogP) is 3.40. The Morgan fingerprint density at radius 1 is 1.28 bits per heavy atom. The van der Waals surface area contributed by atoms with E-state index in [0.717, 1.165) is 22.4 Å². The highest BCUT2D eigenvalue weighted by Gasteiger charge is 2.15. The fourth-order valence-corrected chi connectivity index (χ4v) is 3.33. The Morgan fingerprint density at radius 2 is 2.08 bits per heavy atom. The Kier molecular flexibility index (Phi) is 5.92. The van der Waals surface area contributed by atoms with Crippen LogP contribution in [-0.2, 0) is 6.54 Å². The number of likely N-dealkylation sites (N-methyl/N-ethyl adjacent to an activating group) is 1. The number of halogens is 1. The molecule has 0 aliphatic carbocycles. The first kappa shape index (κ1) is 18.2. The van der Waals surface area contributed by atoms with E-state index in [1.54, 1.807) is 28.6 Å². The second kappa shape index (κ2) is 8.15. The molecule has 0 aliphatic rings. The molecule has 25 heavy (non-hydrogen) atoms. The average Bonchev–Trinajstić information content (AvgIpc) is 2.67. The molecule has 8 heteroatoms. The van der Waals surface area contributed by atoms with Crippen LogP contribution in [0.5, 0.6) is 5.75 Å². The van der Waals surface area contributed by atoms with E-state index in [1.807, 2.05) is 41.7 Å². The fraction of sp³-hybridized carbons (Fsp3) is 0.235. The normalized spacial score (nSPS) is 11.2. The minimum Gasteiger partial charge on any atom is -0.496 e. The lowest BCUT2D eigenvalue weighted by molar-refractivity contribution is 0.416. The molecule has 0 spiro atoms. The number of methoxy groups -OCH3 is 1. The predicted molar refractivity (Wildman–Crippen MR) is 110 cm³/mol. The van der Waals surface area contributed by atoms with Gasteiger partial charge < -0.3 is 4.74 Å². The SMILES string of the molecule is COc1ccccc1-c1nn(CCN(C)SI)c(=O)c2cnccc12. The van der Waals surface area contributed by atoms with Crippen molar-refractivity contribution >= 4 is 41.1 Å². The molecule has 0 saturated carbocycles. The zero-order chi connectivity index (χ0) is 17.8. The van der Waals surface area contributed by atoms with Crippen molar-refractivity contribution in [2.75, 3.05) is 20.7 Å². The van der Waals surface area contributed by atoms with Crippen LogP contribution in [0, 0.1) is 0 Å². The van der Waals surface area contributed by atoms with E-state index in [-0.39, 0.29) is 5.56 Å². The molecule has 1 aromatic carbocycles. The third-order valence-electron chi connectivity index (χ3n) is 3.87. The van der Waals surface area contributed by atoms with Crippen molar-refractivity contribution in [3.8, 4) is 17.0 Å². The first-order chi connectivity index (χ1) is 12.2. The lowest BCUT2D eigenvalue weighted by Gasteiger charge is -2.15. The quantitative estimate of drug-likeness (QED) is 0.409. The molecule has 0 fully saturated rings. The average molecular weight is 468 g/mol. The number of aromatic nitrogens is 3. The lowest BCUT2D eigenvalue weighted by Crippen LogP contribution is -2.28. The maximum absolute atomic E-state index is 12.8. The van der Waals surface area contributed by atoms with E-state index in [1.165, 1.54) is 4.68 Å². The molecule has 130 valence electrons. The van der Waals surface area contributed by atoms with Gasteiger partial charge in [-0.25, -0.2) is 8.99 Å². The van der Waals surface area contributed by atoms with Crippen LogP contribution in [0.25, 0.3) is 22.0 Å². The molecule has 0 radical (unpaired) electrons. The molecule has 2 aromatic heterocycles. The van der Waals surface area contributed by atoms with Crippen molar-refractivity contribution in [3.63, 3.8) is 0 Å². The first-order valence-electron chi connectivity index (χ1n) is 7.63. The van der Waals surface area contributed by atoms with Gasteiger partial charge in [-0.15, -0.1) is 0 Å². The highest BCUT2D eigenvalue weighted by molar-refractivity contribution is 14.2. The van der Waals surface area contributed by atoms with E-state index < -0.39 is 0 Å². The fourth-order valence-electron chi connectivity index (χ4n) is 2.59. The van der Waals surface area contributed by atoms with Crippen molar-refractivity contribution in [2.24, 2.45) is 0 Å². The summed E-state index contributed by atoms with van der Waals surface area (Å²) < 4.78 is 9.03. The van der Waals surface area contributed by atoms with Crippen molar-refractivity contribution in [3.05, 3.63) is 53.1 Å². The maximum atomic E-state index is 12.8. The third-order valence-corrected chi connectivity index (χ3v) is 6.30. The van der Waals surface area contributed by atoms with Crippen LogP contribution in [0.1, 0.15) is 0 Å². The van der Waals surface area contributed by atoms with Crippen molar-refractivity contribution in [1.29, 1.82) is 0 Å². The second-order valence-electron chi connectivity index (χ2n) is 5.42. The Labute approximate surface area is 161 Å². The molecule has 0 amide bonds. The van der Waals surface area contributed by atoms with E-state index in [0.29, 0.717) is 18.5 Å². The Bertz CT molecular complexity index is 947. The zero-order valence-electron chi connectivity index (χ0n) is 13.8. The maximum Gasteiger partial charge on any atom is 0.276 e. The van der Waals surface area contributed by atoms with Crippen LogP contribution in [-0.4, -0.2) is 39.8 Å². The number of pyridine rings is 1. The van der Waals surface area contributed by atoms with Gasteiger partial charge in [-0.2, -0.15) is 5.10 Å². The summed E-state index contributed by atoms with van der Waals surface area (Å²) in [6.07, 6.45) is 3.28. The monoisotopic (exact) mass is 468 g/mol. The van der Waals surface area contributed by atoms with Crippen LogP contribution < -0.4 is 10.3 Å². The number of fused-ring (bicyclic) bond motifs is 1. The second-order valence-corrected chi connectivity index (χ2v) is 7.36. The van der Waals surface area contributed by atoms with Gasteiger partial charge in [0.25, 0.3) is 5.56 Å². The van der Waals surface area contributed by atoms with Crippen molar-refractivity contribution < 1.29 is 4.74 Å². The summed E-state index contributed by atoms with van der Waals surface area (Å²) >= 11 is 2.21. The molecule has 0 atom stereocenters. The third kappa shape index (κ3) is 3.80. The van der Waals surface area contributed by atoms with Gasteiger partial charge in [0.05, 0.1) is 19.0 Å². The zero-order valence-corrected chi connectivity index (χ0v) is 16.8. The summed E-state index contributed by atoms with van der Waals surface area (Å²) in [5, 5.41) is 5.98. The van der Waals surface area contributed by atoms with Crippen LogP contribution in [0.15, 0.2) is 47.5 Å². The van der Waals surface area contributed by atoms with Crippen LogP contribution >= 0.6 is 30.3 Å². The molecule has 6 nitrogen and oxygen atoms in total. The standard InChI is InChI=1S/C17H17IN4O2S/c1-21(25-18)9-10-22-17(23)14-11-19-8-7-12(14)16(20-22)13-5-3-4-6-15(13)24-2/h3-8,11H,9-10H2,1-2H3. The molecule has 0 saturated heterocycles. The summed E-state index contributed by atoms with van der Waals surface area (Å²) in [5.41, 5.74) is 1.44. The van der Waals surface area contributed by atoms with Crippen molar-refractivity contribution in [2.45, 2.75) is 6.54 Å². The van der Waals surface area contributed by atoms with E-state index >= 15 is 0 Å². The van der Waals surface area contributed by atoms with E-state index in [2.05, 4.69) is 31.3 Å². The Balaban J connectivity index is 2.20. The molecule has 0 unspecified atom stereocenters. The van der Waals surface area contributed by atoms with E-state index in [9.17, 15) is 4.79 Å². The van der Waals surface area contributed by atoms with Gasteiger partial charge in [0.1, 0.15) is 11.4 Å². The number of hydrogen-bond acceptors (Lipinski definition) is 6.